The van der Waals surface area contributed by atoms with Crippen molar-refractivity contribution < 1.29 is 23.9 Å². The lowest BCUT2D eigenvalue weighted by molar-refractivity contribution is -0.145. The Morgan fingerprint density at radius 1 is 1.05 bits per heavy atom. The first-order chi connectivity index (χ1) is 10.1. The van der Waals surface area contributed by atoms with E-state index in [9.17, 15) is 14.4 Å². The Morgan fingerprint density at radius 2 is 1.71 bits per heavy atom. The number of hydrogen-bond acceptors (Lipinski definition) is 5. The number of benzene rings is 1. The summed E-state index contributed by atoms with van der Waals surface area (Å²) in [4.78, 5) is 34.5. The van der Waals surface area contributed by atoms with Crippen LogP contribution in [-0.4, -0.2) is 38.1 Å². The maximum Gasteiger partial charge on any atom is 0.328 e. The molecule has 1 aromatic rings. The SMILES string of the molecule is COC(=O)CCC(=O)N[C@@H](Cc1ccccc1)C(=O)OC. The van der Waals surface area contributed by atoms with E-state index in [0.717, 1.165) is 5.56 Å². The molecule has 0 saturated carbocycles. The molecule has 21 heavy (non-hydrogen) atoms. The monoisotopic (exact) mass is 293 g/mol. The van der Waals surface area contributed by atoms with Crippen LogP contribution >= 0.6 is 0 Å². The predicted molar refractivity (Wildman–Crippen MR) is 75.3 cm³/mol. The minimum Gasteiger partial charge on any atom is -0.469 e. The summed E-state index contributed by atoms with van der Waals surface area (Å²) < 4.78 is 9.15. The molecule has 0 heterocycles. The van der Waals surface area contributed by atoms with Crippen LogP contribution < -0.4 is 5.32 Å². The highest BCUT2D eigenvalue weighted by atomic mass is 16.5. The second kappa shape index (κ2) is 8.73. The fourth-order valence-corrected chi connectivity index (χ4v) is 1.77. The van der Waals surface area contributed by atoms with Crippen molar-refractivity contribution in [3.05, 3.63) is 35.9 Å². The molecule has 0 saturated heterocycles. The molecule has 0 radical (unpaired) electrons. The summed E-state index contributed by atoms with van der Waals surface area (Å²) in [5.74, 6) is -1.39. The quantitative estimate of drug-likeness (QED) is 0.753. The van der Waals surface area contributed by atoms with E-state index in [-0.39, 0.29) is 12.8 Å². The zero-order valence-corrected chi connectivity index (χ0v) is 12.1. The van der Waals surface area contributed by atoms with Gasteiger partial charge in [0.1, 0.15) is 6.04 Å². The summed E-state index contributed by atoms with van der Waals surface area (Å²) in [6.07, 6.45) is 0.272. The van der Waals surface area contributed by atoms with Crippen LogP contribution in [0.25, 0.3) is 0 Å². The molecule has 1 atom stereocenters. The van der Waals surface area contributed by atoms with E-state index in [1.165, 1.54) is 14.2 Å². The smallest absolute Gasteiger partial charge is 0.328 e. The second-order valence-corrected chi connectivity index (χ2v) is 4.41. The standard InChI is InChI=1S/C15H19NO5/c1-20-14(18)9-8-13(17)16-12(15(19)21-2)10-11-6-4-3-5-7-11/h3-7,12H,8-10H2,1-2H3,(H,16,17)/t12-/m0/s1. The number of methoxy groups -OCH3 is 2. The van der Waals surface area contributed by atoms with Crippen molar-refractivity contribution in [2.24, 2.45) is 0 Å². The van der Waals surface area contributed by atoms with Gasteiger partial charge in [-0.25, -0.2) is 4.79 Å². The van der Waals surface area contributed by atoms with E-state index in [1.807, 2.05) is 30.3 Å². The molecule has 1 aromatic carbocycles. The molecule has 1 N–H and O–H groups in total. The molecule has 0 aliphatic rings. The summed E-state index contributed by atoms with van der Waals surface area (Å²) >= 11 is 0. The lowest BCUT2D eigenvalue weighted by Gasteiger charge is -2.16. The van der Waals surface area contributed by atoms with Crippen molar-refractivity contribution in [1.82, 2.24) is 5.32 Å². The van der Waals surface area contributed by atoms with Gasteiger partial charge in [-0.2, -0.15) is 0 Å². The topological polar surface area (TPSA) is 81.7 Å². The van der Waals surface area contributed by atoms with E-state index in [0.29, 0.717) is 6.42 Å². The fourth-order valence-electron chi connectivity index (χ4n) is 1.77. The van der Waals surface area contributed by atoms with Crippen molar-refractivity contribution in [3.8, 4) is 0 Å². The number of carbonyl (C=O) groups is 3. The average Bonchev–Trinajstić information content (AvgIpc) is 2.52. The number of esters is 2. The number of nitrogens with one attached hydrogen (secondary N) is 1. The maximum atomic E-state index is 11.8. The molecule has 0 aliphatic carbocycles. The van der Waals surface area contributed by atoms with Gasteiger partial charge in [0.25, 0.3) is 0 Å². The largest absolute Gasteiger partial charge is 0.469 e. The normalized spacial score (nSPS) is 11.3. The number of amides is 1. The van der Waals surface area contributed by atoms with Gasteiger partial charge in [-0.1, -0.05) is 30.3 Å². The summed E-state index contributed by atoms with van der Waals surface area (Å²) in [6, 6.07) is 8.51. The number of carbonyl (C=O) groups excluding carboxylic acids is 3. The third-order valence-electron chi connectivity index (χ3n) is 2.89. The Labute approximate surface area is 123 Å². The summed E-state index contributed by atoms with van der Waals surface area (Å²) in [6.45, 7) is 0. The minimum atomic E-state index is -0.775. The van der Waals surface area contributed by atoms with Crippen LogP contribution in [0.4, 0.5) is 0 Å². The van der Waals surface area contributed by atoms with E-state index in [4.69, 9.17) is 0 Å². The van der Waals surface area contributed by atoms with E-state index < -0.39 is 23.9 Å². The van der Waals surface area contributed by atoms with E-state index in [1.54, 1.807) is 0 Å². The fraction of sp³-hybridized carbons (Fsp3) is 0.400. The van der Waals surface area contributed by atoms with Crippen LogP contribution in [0.2, 0.25) is 0 Å². The Hall–Kier alpha value is -2.37. The lowest BCUT2D eigenvalue weighted by Crippen LogP contribution is -2.43. The van der Waals surface area contributed by atoms with Gasteiger partial charge in [-0.05, 0) is 5.56 Å². The van der Waals surface area contributed by atoms with Crippen molar-refractivity contribution in [3.63, 3.8) is 0 Å². The van der Waals surface area contributed by atoms with E-state index in [2.05, 4.69) is 14.8 Å². The van der Waals surface area contributed by atoms with Gasteiger partial charge in [0, 0.05) is 12.8 Å². The third-order valence-corrected chi connectivity index (χ3v) is 2.89. The zero-order valence-electron chi connectivity index (χ0n) is 12.1. The van der Waals surface area contributed by atoms with Crippen LogP contribution in [-0.2, 0) is 30.3 Å². The maximum absolute atomic E-state index is 11.8. The van der Waals surface area contributed by atoms with Crippen LogP contribution in [0.15, 0.2) is 30.3 Å². The molecular weight excluding hydrogens is 274 g/mol. The first-order valence-electron chi connectivity index (χ1n) is 6.54. The molecule has 0 aromatic heterocycles. The summed E-state index contributed by atoms with van der Waals surface area (Å²) in [5, 5.41) is 2.57. The molecule has 0 unspecified atom stereocenters. The highest BCUT2D eigenvalue weighted by molar-refractivity contribution is 5.86. The Morgan fingerprint density at radius 3 is 2.29 bits per heavy atom. The zero-order chi connectivity index (χ0) is 15.7. The second-order valence-electron chi connectivity index (χ2n) is 4.41. The van der Waals surface area contributed by atoms with Gasteiger partial charge >= 0.3 is 11.9 Å². The average molecular weight is 293 g/mol. The number of hydrogen-bond donors (Lipinski definition) is 1. The first kappa shape index (κ1) is 16.7. The van der Waals surface area contributed by atoms with Crippen LogP contribution in [0.3, 0.4) is 0 Å². The van der Waals surface area contributed by atoms with Crippen molar-refractivity contribution in [2.45, 2.75) is 25.3 Å². The Kier molecular flexibility index (Phi) is 6.94. The molecule has 6 nitrogen and oxygen atoms in total. The molecular formula is C15H19NO5. The van der Waals surface area contributed by atoms with Crippen molar-refractivity contribution in [2.75, 3.05) is 14.2 Å². The molecule has 0 aliphatic heterocycles. The molecule has 0 spiro atoms. The molecule has 0 bridgehead atoms. The summed E-state index contributed by atoms with van der Waals surface area (Å²) in [5.41, 5.74) is 0.904. The third kappa shape index (κ3) is 6.07. The van der Waals surface area contributed by atoms with Gasteiger partial charge < -0.3 is 14.8 Å². The van der Waals surface area contributed by atoms with Crippen molar-refractivity contribution >= 4 is 17.8 Å². The summed E-state index contributed by atoms with van der Waals surface area (Å²) in [7, 11) is 2.52. The van der Waals surface area contributed by atoms with Crippen LogP contribution in [0, 0.1) is 0 Å². The van der Waals surface area contributed by atoms with Gasteiger partial charge in [0.05, 0.1) is 20.6 Å². The van der Waals surface area contributed by atoms with Crippen molar-refractivity contribution in [1.29, 1.82) is 0 Å². The van der Waals surface area contributed by atoms with Gasteiger partial charge in [0.15, 0.2) is 0 Å². The molecule has 0 fully saturated rings. The molecule has 1 rings (SSSR count). The molecule has 1 amide bonds. The van der Waals surface area contributed by atoms with Gasteiger partial charge in [-0.3, -0.25) is 9.59 Å². The molecule has 114 valence electrons. The van der Waals surface area contributed by atoms with E-state index >= 15 is 0 Å². The number of rotatable bonds is 7. The van der Waals surface area contributed by atoms with Gasteiger partial charge in [0.2, 0.25) is 5.91 Å². The Balaban J connectivity index is 2.60. The first-order valence-corrected chi connectivity index (χ1v) is 6.54. The Bertz CT molecular complexity index is 486. The predicted octanol–water partition coefficient (Wildman–Crippen LogP) is 0.840. The highest BCUT2D eigenvalue weighted by Gasteiger charge is 2.22. The highest BCUT2D eigenvalue weighted by Crippen LogP contribution is 2.05. The lowest BCUT2D eigenvalue weighted by atomic mass is 10.1. The molecule has 6 heteroatoms. The minimum absolute atomic E-state index is 0.0262. The van der Waals surface area contributed by atoms with Crippen LogP contribution in [0.5, 0.6) is 0 Å². The number of ether oxygens (including phenoxy) is 2. The van der Waals surface area contributed by atoms with Gasteiger partial charge in [-0.15, -0.1) is 0 Å². The van der Waals surface area contributed by atoms with Crippen LogP contribution in [0.1, 0.15) is 18.4 Å².